The second-order valence-electron chi connectivity index (χ2n) is 4.87. The first-order valence-electron chi connectivity index (χ1n) is 6.21. The van der Waals surface area contributed by atoms with Gasteiger partial charge in [0.2, 0.25) is 5.91 Å². The molecule has 1 N–H and O–H groups in total. The Morgan fingerprint density at radius 2 is 2.00 bits per heavy atom. The number of hydrogen-bond donors (Lipinski definition) is 1. The van der Waals surface area contributed by atoms with Crippen molar-refractivity contribution in [1.29, 1.82) is 0 Å². The van der Waals surface area contributed by atoms with Crippen LogP contribution in [-0.4, -0.2) is 11.9 Å². The lowest BCUT2D eigenvalue weighted by atomic mass is 10.1. The monoisotopic (exact) mass is 270 g/mol. The largest absolute Gasteiger partial charge is 0.327 e. The average molecular weight is 271 g/mol. The van der Waals surface area contributed by atoms with E-state index in [2.05, 4.69) is 22.3 Å². The molecule has 1 unspecified atom stereocenters. The molecule has 1 atom stereocenters. The van der Waals surface area contributed by atoms with Gasteiger partial charge in [0.25, 0.3) is 0 Å². The molecule has 0 saturated heterocycles. The summed E-state index contributed by atoms with van der Waals surface area (Å²) in [4.78, 5) is 14.3. The molecule has 2 aromatic carbocycles. The molecule has 94 valence electrons. The first kappa shape index (κ1) is 10.9. The SMILES string of the molecule is O=C1Nc2cc(Cl)ccc2N2c3ccccc3CC12. The van der Waals surface area contributed by atoms with Crippen molar-refractivity contribution >= 4 is 34.6 Å². The quantitative estimate of drug-likeness (QED) is 0.796. The van der Waals surface area contributed by atoms with E-state index in [9.17, 15) is 4.79 Å². The summed E-state index contributed by atoms with van der Waals surface area (Å²) in [6.07, 6.45) is 0.754. The summed E-state index contributed by atoms with van der Waals surface area (Å²) in [5.41, 5.74) is 4.13. The number of nitrogens with zero attached hydrogens (tertiary/aromatic N) is 1. The number of para-hydroxylation sites is 1. The zero-order valence-electron chi connectivity index (χ0n) is 10.1. The van der Waals surface area contributed by atoms with Gasteiger partial charge >= 0.3 is 0 Å². The van der Waals surface area contributed by atoms with Crippen LogP contribution in [0.15, 0.2) is 42.5 Å². The van der Waals surface area contributed by atoms with Gasteiger partial charge in [-0.05, 0) is 29.8 Å². The molecule has 0 aromatic heterocycles. The van der Waals surface area contributed by atoms with Gasteiger partial charge in [-0.15, -0.1) is 0 Å². The van der Waals surface area contributed by atoms with Crippen LogP contribution in [0.4, 0.5) is 17.1 Å². The molecule has 0 spiro atoms. The van der Waals surface area contributed by atoms with Gasteiger partial charge in [-0.3, -0.25) is 4.79 Å². The van der Waals surface area contributed by atoms with Gasteiger partial charge in [-0.1, -0.05) is 29.8 Å². The van der Waals surface area contributed by atoms with Crippen molar-refractivity contribution in [3.63, 3.8) is 0 Å². The van der Waals surface area contributed by atoms with Crippen molar-refractivity contribution in [3.05, 3.63) is 53.1 Å². The third-order valence-corrected chi connectivity index (χ3v) is 3.99. The number of hydrogen-bond acceptors (Lipinski definition) is 2. The number of anilines is 3. The Labute approximate surface area is 115 Å². The van der Waals surface area contributed by atoms with Crippen LogP contribution in [-0.2, 0) is 11.2 Å². The van der Waals surface area contributed by atoms with E-state index in [4.69, 9.17) is 11.6 Å². The molecule has 0 radical (unpaired) electrons. The fourth-order valence-electron chi connectivity index (χ4n) is 2.93. The first-order valence-corrected chi connectivity index (χ1v) is 6.59. The van der Waals surface area contributed by atoms with Crippen LogP contribution in [0.2, 0.25) is 5.02 Å². The van der Waals surface area contributed by atoms with Crippen LogP contribution >= 0.6 is 11.6 Å². The normalized spacial score (nSPS) is 19.5. The number of fused-ring (bicyclic) bond motifs is 5. The number of benzene rings is 2. The third kappa shape index (κ3) is 1.48. The summed E-state index contributed by atoms with van der Waals surface area (Å²) in [5, 5.41) is 3.57. The fourth-order valence-corrected chi connectivity index (χ4v) is 3.10. The Kier molecular flexibility index (Phi) is 2.15. The van der Waals surface area contributed by atoms with Crippen LogP contribution in [0.25, 0.3) is 0 Å². The van der Waals surface area contributed by atoms with Gasteiger partial charge in [0.05, 0.1) is 11.4 Å². The maximum Gasteiger partial charge on any atom is 0.247 e. The zero-order valence-corrected chi connectivity index (χ0v) is 10.8. The lowest BCUT2D eigenvalue weighted by Crippen LogP contribution is -2.43. The number of nitrogens with one attached hydrogen (secondary N) is 1. The van der Waals surface area contributed by atoms with Gasteiger partial charge in [0.15, 0.2) is 0 Å². The van der Waals surface area contributed by atoms with E-state index >= 15 is 0 Å². The van der Waals surface area contributed by atoms with Crippen molar-refractivity contribution in [2.75, 3.05) is 10.2 Å². The molecule has 3 nitrogen and oxygen atoms in total. The van der Waals surface area contributed by atoms with E-state index in [0.29, 0.717) is 5.02 Å². The molecule has 2 aliphatic rings. The molecule has 2 heterocycles. The van der Waals surface area contributed by atoms with Crippen LogP contribution < -0.4 is 10.2 Å². The van der Waals surface area contributed by atoms with Crippen LogP contribution in [0.1, 0.15) is 5.56 Å². The lowest BCUT2D eigenvalue weighted by Gasteiger charge is -2.33. The molecule has 4 heteroatoms. The molecule has 2 aliphatic heterocycles. The van der Waals surface area contributed by atoms with E-state index in [0.717, 1.165) is 23.5 Å². The number of carbonyl (C=O) groups excluding carboxylic acids is 1. The minimum absolute atomic E-state index is 0.0333. The molecule has 1 amide bonds. The zero-order chi connectivity index (χ0) is 13.0. The van der Waals surface area contributed by atoms with Crippen molar-refractivity contribution < 1.29 is 4.79 Å². The van der Waals surface area contributed by atoms with Crippen molar-refractivity contribution in [2.24, 2.45) is 0 Å². The molecule has 0 bridgehead atoms. The summed E-state index contributed by atoms with van der Waals surface area (Å²) in [6, 6.07) is 13.6. The van der Waals surface area contributed by atoms with E-state index in [1.807, 2.05) is 24.3 Å². The average Bonchev–Trinajstić information content (AvgIpc) is 2.79. The molecule has 4 rings (SSSR count). The minimum atomic E-state index is -0.147. The molecule has 0 fully saturated rings. The summed E-state index contributed by atoms with van der Waals surface area (Å²) in [6.45, 7) is 0. The van der Waals surface area contributed by atoms with Gasteiger partial charge in [0, 0.05) is 17.1 Å². The summed E-state index contributed by atoms with van der Waals surface area (Å²) in [5.74, 6) is 0.0333. The highest BCUT2D eigenvalue weighted by Gasteiger charge is 2.39. The number of amides is 1. The second kappa shape index (κ2) is 3.75. The van der Waals surface area contributed by atoms with Gasteiger partial charge in [-0.25, -0.2) is 0 Å². The third-order valence-electron chi connectivity index (χ3n) is 3.75. The highest BCUT2D eigenvalue weighted by molar-refractivity contribution is 6.31. The Bertz CT molecular complexity index is 698. The minimum Gasteiger partial charge on any atom is -0.327 e. The highest BCUT2D eigenvalue weighted by atomic mass is 35.5. The van der Waals surface area contributed by atoms with Crippen LogP contribution in [0, 0.1) is 0 Å². The molecule has 0 aliphatic carbocycles. The Hall–Kier alpha value is -2.00. The highest BCUT2D eigenvalue weighted by Crippen LogP contribution is 2.45. The summed E-state index contributed by atoms with van der Waals surface area (Å²) >= 11 is 6.00. The van der Waals surface area contributed by atoms with Crippen molar-refractivity contribution in [2.45, 2.75) is 12.5 Å². The van der Waals surface area contributed by atoms with E-state index in [-0.39, 0.29) is 11.9 Å². The Morgan fingerprint density at radius 1 is 1.16 bits per heavy atom. The predicted octanol–water partition coefficient (Wildman–Crippen LogP) is 3.35. The van der Waals surface area contributed by atoms with Crippen LogP contribution in [0.3, 0.4) is 0 Å². The predicted molar refractivity (Wildman–Crippen MR) is 76.2 cm³/mol. The summed E-state index contributed by atoms with van der Waals surface area (Å²) in [7, 11) is 0. The van der Waals surface area contributed by atoms with Gasteiger partial charge < -0.3 is 10.2 Å². The standard InChI is InChI=1S/C15H11ClN2O/c16-10-5-6-13-11(8-10)17-15(19)14-7-9-3-1-2-4-12(9)18(13)14/h1-6,8,14H,7H2,(H,17,19). The number of rotatable bonds is 0. The van der Waals surface area contributed by atoms with Crippen LogP contribution in [0.5, 0.6) is 0 Å². The van der Waals surface area contributed by atoms with E-state index in [1.54, 1.807) is 6.07 Å². The maximum atomic E-state index is 12.2. The van der Waals surface area contributed by atoms with Gasteiger partial charge in [-0.2, -0.15) is 0 Å². The molecular weight excluding hydrogens is 260 g/mol. The topological polar surface area (TPSA) is 32.3 Å². The molecule has 0 saturated carbocycles. The number of carbonyl (C=O) groups is 1. The fraction of sp³-hybridized carbons (Fsp3) is 0.133. The van der Waals surface area contributed by atoms with Gasteiger partial charge in [0.1, 0.15) is 6.04 Å². The second-order valence-corrected chi connectivity index (χ2v) is 5.31. The molecular formula is C15H11ClN2O. The Balaban J connectivity index is 1.95. The lowest BCUT2D eigenvalue weighted by molar-refractivity contribution is -0.117. The smallest absolute Gasteiger partial charge is 0.247 e. The maximum absolute atomic E-state index is 12.2. The molecule has 19 heavy (non-hydrogen) atoms. The molecule has 2 aromatic rings. The first-order chi connectivity index (χ1) is 9.24. The Morgan fingerprint density at radius 3 is 2.89 bits per heavy atom. The summed E-state index contributed by atoms with van der Waals surface area (Å²) < 4.78 is 0. The van der Waals surface area contributed by atoms with Crippen molar-refractivity contribution in [3.8, 4) is 0 Å². The number of halogens is 1. The van der Waals surface area contributed by atoms with E-state index < -0.39 is 0 Å². The van der Waals surface area contributed by atoms with E-state index in [1.165, 1.54) is 5.56 Å². The van der Waals surface area contributed by atoms with Crippen molar-refractivity contribution in [1.82, 2.24) is 0 Å².